The van der Waals surface area contributed by atoms with Crippen LogP contribution in [0.4, 0.5) is 0 Å². The molecule has 0 aliphatic rings. The van der Waals surface area contributed by atoms with Crippen molar-refractivity contribution in [2.24, 2.45) is 0 Å². The van der Waals surface area contributed by atoms with Gasteiger partial charge in [-0.1, -0.05) is 25.4 Å². The van der Waals surface area contributed by atoms with Crippen molar-refractivity contribution in [1.29, 1.82) is 0 Å². The first-order chi connectivity index (χ1) is 8.92. The number of amides is 1. The molecule has 4 nitrogen and oxygen atoms in total. The smallest absolute Gasteiger partial charge is 0.305 e. The standard InChI is InChI=1S/C14H18ClNO3/c1-3-14(4-2,9-12(17)18)16-13(19)10-5-7-11(15)8-6-10/h5-8H,3-4,9H2,1-2H3,(H,16,19)(H,17,18). The van der Waals surface area contributed by atoms with Crippen molar-refractivity contribution in [1.82, 2.24) is 5.32 Å². The molecule has 5 heteroatoms. The molecule has 0 heterocycles. The fourth-order valence-electron chi connectivity index (χ4n) is 1.92. The van der Waals surface area contributed by atoms with E-state index in [9.17, 15) is 9.59 Å². The minimum absolute atomic E-state index is 0.0840. The molecule has 104 valence electrons. The number of nitrogens with one attached hydrogen (secondary N) is 1. The van der Waals surface area contributed by atoms with Gasteiger partial charge in [0, 0.05) is 10.6 Å². The molecule has 0 saturated carbocycles. The second-order valence-electron chi connectivity index (χ2n) is 4.52. The van der Waals surface area contributed by atoms with Crippen molar-refractivity contribution in [3.63, 3.8) is 0 Å². The first-order valence-electron chi connectivity index (χ1n) is 6.22. The van der Waals surface area contributed by atoms with Crippen LogP contribution in [-0.2, 0) is 4.79 Å². The number of hydrogen-bond donors (Lipinski definition) is 2. The van der Waals surface area contributed by atoms with Crippen LogP contribution >= 0.6 is 11.6 Å². The topological polar surface area (TPSA) is 66.4 Å². The van der Waals surface area contributed by atoms with Gasteiger partial charge in [-0.3, -0.25) is 9.59 Å². The van der Waals surface area contributed by atoms with Gasteiger partial charge in [0.2, 0.25) is 0 Å². The molecule has 0 aromatic heterocycles. The summed E-state index contributed by atoms with van der Waals surface area (Å²) in [6.07, 6.45) is 1.05. The molecule has 2 N–H and O–H groups in total. The van der Waals surface area contributed by atoms with Crippen molar-refractivity contribution < 1.29 is 14.7 Å². The number of halogens is 1. The number of carboxylic acids is 1. The lowest BCUT2D eigenvalue weighted by molar-refractivity contribution is -0.138. The van der Waals surface area contributed by atoms with Crippen LogP contribution in [0.25, 0.3) is 0 Å². The summed E-state index contributed by atoms with van der Waals surface area (Å²) in [5, 5.41) is 12.4. The second-order valence-corrected chi connectivity index (χ2v) is 4.96. The van der Waals surface area contributed by atoms with Gasteiger partial charge in [0.15, 0.2) is 0 Å². The zero-order valence-corrected chi connectivity index (χ0v) is 11.8. The van der Waals surface area contributed by atoms with E-state index >= 15 is 0 Å². The van der Waals surface area contributed by atoms with E-state index in [1.807, 2.05) is 13.8 Å². The van der Waals surface area contributed by atoms with E-state index in [0.717, 1.165) is 0 Å². The zero-order chi connectivity index (χ0) is 14.5. The average molecular weight is 284 g/mol. The van der Waals surface area contributed by atoms with Crippen LogP contribution < -0.4 is 5.32 Å². The molecule has 0 atom stereocenters. The summed E-state index contributed by atoms with van der Waals surface area (Å²) in [5.74, 6) is -1.19. The maximum absolute atomic E-state index is 12.1. The summed E-state index contributed by atoms with van der Waals surface area (Å²) in [4.78, 5) is 23.1. The molecule has 19 heavy (non-hydrogen) atoms. The monoisotopic (exact) mass is 283 g/mol. The lowest BCUT2D eigenvalue weighted by Crippen LogP contribution is -2.49. The summed E-state index contributed by atoms with van der Waals surface area (Å²) < 4.78 is 0. The number of rotatable bonds is 6. The molecule has 1 aromatic carbocycles. The average Bonchev–Trinajstić information content (AvgIpc) is 2.38. The minimum atomic E-state index is -0.917. The Morgan fingerprint density at radius 2 is 1.74 bits per heavy atom. The normalized spacial score (nSPS) is 11.1. The third-order valence-corrected chi connectivity index (χ3v) is 3.58. The van der Waals surface area contributed by atoms with Gasteiger partial charge >= 0.3 is 5.97 Å². The van der Waals surface area contributed by atoms with E-state index in [2.05, 4.69) is 5.32 Å². The number of benzene rings is 1. The van der Waals surface area contributed by atoms with Gasteiger partial charge in [-0.2, -0.15) is 0 Å². The van der Waals surface area contributed by atoms with Gasteiger partial charge in [-0.25, -0.2) is 0 Å². The van der Waals surface area contributed by atoms with Crippen LogP contribution in [0.2, 0.25) is 5.02 Å². The van der Waals surface area contributed by atoms with Gasteiger partial charge in [-0.05, 0) is 37.1 Å². The molecule has 0 unspecified atom stereocenters. The number of hydrogen-bond acceptors (Lipinski definition) is 2. The Hall–Kier alpha value is -1.55. The number of carboxylic acid groups (broad SMARTS) is 1. The van der Waals surface area contributed by atoms with Crippen molar-refractivity contribution in [2.75, 3.05) is 0 Å². The van der Waals surface area contributed by atoms with E-state index in [1.165, 1.54) is 0 Å². The molecule has 1 amide bonds. The third kappa shape index (κ3) is 4.24. The van der Waals surface area contributed by atoms with Crippen molar-refractivity contribution in [3.05, 3.63) is 34.9 Å². The number of carbonyl (C=O) groups excluding carboxylic acids is 1. The van der Waals surface area contributed by atoms with Gasteiger partial charge in [0.25, 0.3) is 5.91 Å². The fraction of sp³-hybridized carbons (Fsp3) is 0.429. The van der Waals surface area contributed by atoms with Gasteiger partial charge in [0.05, 0.1) is 12.0 Å². The Morgan fingerprint density at radius 3 is 2.16 bits per heavy atom. The molecule has 0 saturated heterocycles. The first kappa shape index (κ1) is 15.5. The molecule has 0 fully saturated rings. The molecule has 0 bridgehead atoms. The molecule has 0 aliphatic carbocycles. The lowest BCUT2D eigenvalue weighted by atomic mass is 9.88. The Kier molecular flexibility index (Phi) is 5.36. The van der Waals surface area contributed by atoms with Crippen LogP contribution in [0.5, 0.6) is 0 Å². The summed E-state index contributed by atoms with van der Waals surface area (Å²) in [5.41, 5.74) is -0.233. The van der Waals surface area contributed by atoms with Gasteiger partial charge in [-0.15, -0.1) is 0 Å². The van der Waals surface area contributed by atoms with E-state index in [0.29, 0.717) is 23.4 Å². The highest BCUT2D eigenvalue weighted by atomic mass is 35.5. The van der Waals surface area contributed by atoms with Gasteiger partial charge in [0.1, 0.15) is 0 Å². The predicted octanol–water partition coefficient (Wildman–Crippen LogP) is 3.10. The maximum atomic E-state index is 12.1. The second kappa shape index (κ2) is 6.57. The zero-order valence-electron chi connectivity index (χ0n) is 11.1. The largest absolute Gasteiger partial charge is 0.481 e. The van der Waals surface area contributed by atoms with Crippen LogP contribution in [0, 0.1) is 0 Å². The van der Waals surface area contributed by atoms with E-state index in [4.69, 9.17) is 16.7 Å². The van der Waals surface area contributed by atoms with Crippen LogP contribution in [0.15, 0.2) is 24.3 Å². The SMILES string of the molecule is CCC(CC)(CC(=O)O)NC(=O)c1ccc(Cl)cc1. The number of carbonyl (C=O) groups is 2. The lowest BCUT2D eigenvalue weighted by Gasteiger charge is -2.31. The molecular weight excluding hydrogens is 266 g/mol. The Bertz CT molecular complexity index is 452. The molecule has 0 aliphatic heterocycles. The summed E-state index contributed by atoms with van der Waals surface area (Å²) >= 11 is 5.76. The van der Waals surface area contributed by atoms with E-state index in [1.54, 1.807) is 24.3 Å². The first-order valence-corrected chi connectivity index (χ1v) is 6.60. The van der Waals surface area contributed by atoms with Crippen molar-refractivity contribution >= 4 is 23.5 Å². The fourth-order valence-corrected chi connectivity index (χ4v) is 2.05. The highest BCUT2D eigenvalue weighted by Gasteiger charge is 2.31. The van der Waals surface area contributed by atoms with Crippen LogP contribution in [0.3, 0.4) is 0 Å². The molecule has 1 rings (SSSR count). The number of aliphatic carboxylic acids is 1. The Labute approximate surface area is 117 Å². The van der Waals surface area contributed by atoms with Crippen molar-refractivity contribution in [2.45, 2.75) is 38.6 Å². The Morgan fingerprint density at radius 1 is 1.21 bits per heavy atom. The van der Waals surface area contributed by atoms with E-state index in [-0.39, 0.29) is 12.3 Å². The third-order valence-electron chi connectivity index (χ3n) is 3.33. The molecule has 1 aromatic rings. The van der Waals surface area contributed by atoms with Gasteiger partial charge < -0.3 is 10.4 Å². The summed E-state index contributed by atoms with van der Waals surface area (Å²) in [6.45, 7) is 3.74. The summed E-state index contributed by atoms with van der Waals surface area (Å²) in [6, 6.07) is 6.50. The minimum Gasteiger partial charge on any atom is -0.481 e. The highest BCUT2D eigenvalue weighted by Crippen LogP contribution is 2.21. The molecule has 0 radical (unpaired) electrons. The van der Waals surface area contributed by atoms with Crippen LogP contribution in [-0.4, -0.2) is 22.5 Å². The summed E-state index contributed by atoms with van der Waals surface area (Å²) in [7, 11) is 0. The molecular formula is C14H18ClNO3. The maximum Gasteiger partial charge on any atom is 0.305 e. The predicted molar refractivity (Wildman–Crippen MR) is 74.5 cm³/mol. The van der Waals surface area contributed by atoms with Crippen LogP contribution in [0.1, 0.15) is 43.5 Å². The Balaban J connectivity index is 2.87. The quantitative estimate of drug-likeness (QED) is 0.843. The van der Waals surface area contributed by atoms with E-state index < -0.39 is 11.5 Å². The highest BCUT2D eigenvalue weighted by molar-refractivity contribution is 6.30. The van der Waals surface area contributed by atoms with Crippen molar-refractivity contribution in [3.8, 4) is 0 Å². The molecule has 0 spiro atoms.